The van der Waals surface area contributed by atoms with Gasteiger partial charge in [0, 0.05) is 122 Å². The quantitative estimate of drug-likeness (QED) is 0.0236. The first-order valence-corrected chi connectivity index (χ1v) is 33.3. The molecule has 500 valence electrons. The molecule has 0 spiro atoms. The standard InChI is InChI=1S/C54H80N12O21S3/c1-35-22-40(23-36(2)51(35)90(85,86)61-42(53(77)78)28-58-52(76)44-26-45(67)41-9-8-37(25-43(41)62(44)3)27-59-54-56-11-12-57-54)87-21-5-7-46(68)55-10-4-6-38(33-88(79,80)81)24-39(34-89(82,83)84)60-47(69)29-63-13-15-64(30-48(70)71)17-19-66(32-50(74)75)20-18-65(16-14-63)31-49(72)73/h8-9,11-12,22-23,25,38-39,42,44,61H,4-7,10,13-21,24,26-34H2,1-3H3,(H,55,68)(H,58,76)(H,60,69)(H,70,71)(H,72,73)(H,74,75)(H,77,78)(H2,56,57,59)(H,79,80,81)(H,82,83,84)/t38?,39?,42-,44?/m0/s1. The van der Waals surface area contributed by atoms with Gasteiger partial charge in [-0.05, 0) is 86.4 Å². The number of nitrogens with one attached hydrogen (secondary N) is 6. The minimum atomic E-state index is -4.81. The number of anilines is 2. The van der Waals surface area contributed by atoms with E-state index in [1.807, 2.05) is 0 Å². The third kappa shape index (κ3) is 25.5. The van der Waals surface area contributed by atoms with Crippen LogP contribution in [0.1, 0.15) is 65.6 Å². The summed E-state index contributed by atoms with van der Waals surface area (Å²) in [5.74, 6) is -9.53. The van der Waals surface area contributed by atoms with E-state index in [0.717, 1.165) is 5.56 Å². The molecule has 90 heavy (non-hydrogen) atoms. The van der Waals surface area contributed by atoms with E-state index in [1.54, 1.807) is 52.3 Å². The fraction of sp³-hybridized carbons (Fsp3) is 0.574. The summed E-state index contributed by atoms with van der Waals surface area (Å²) in [5, 5.41) is 49.4. The van der Waals surface area contributed by atoms with Crippen molar-refractivity contribution in [2.24, 2.45) is 5.92 Å². The molecule has 0 radical (unpaired) electrons. The Morgan fingerprint density at radius 3 is 1.80 bits per heavy atom. The number of aliphatic carboxylic acids is 4. The van der Waals surface area contributed by atoms with Crippen LogP contribution < -0.4 is 35.6 Å². The number of amides is 3. The molecule has 0 aliphatic carbocycles. The van der Waals surface area contributed by atoms with Crippen molar-refractivity contribution >= 4 is 89.3 Å². The fourth-order valence-corrected chi connectivity index (χ4v) is 13.8. The Balaban J connectivity index is 1.10. The lowest BCUT2D eigenvalue weighted by molar-refractivity contribution is -0.140. The number of carboxylic acids is 4. The highest BCUT2D eigenvalue weighted by molar-refractivity contribution is 7.89. The SMILES string of the molecule is Cc1cc(OCCCC(=O)NCCCC(CC(CS(=O)(=O)O)NC(=O)CN2CCN(CC(=O)O)CCN(CC(=O)O)CCN(CC(=O)O)CC2)CS(=O)(=O)O)cc(C)c1S(=O)(=O)N[C@@H](CNC(=O)C1CC(=O)c2ccc(CNc3ncc[nH]3)cc2N1C)C(=O)O. The molecule has 2 aliphatic rings. The summed E-state index contributed by atoms with van der Waals surface area (Å²) in [6.45, 7) is 1.55. The number of ether oxygens (including phenoxy) is 1. The molecule has 3 aromatic rings. The van der Waals surface area contributed by atoms with Gasteiger partial charge in [-0.2, -0.15) is 21.6 Å². The topological polar surface area (TPSA) is 475 Å². The normalized spacial score (nSPS) is 17.1. The van der Waals surface area contributed by atoms with Crippen molar-refractivity contribution in [2.45, 2.75) is 81.9 Å². The predicted molar refractivity (Wildman–Crippen MR) is 323 cm³/mol. The monoisotopic (exact) mass is 1330 g/mol. The summed E-state index contributed by atoms with van der Waals surface area (Å²) >= 11 is 0. The number of H-pyrrole nitrogens is 1. The fourth-order valence-electron chi connectivity index (χ4n) is 10.6. The van der Waals surface area contributed by atoms with Crippen LogP contribution in [0, 0.1) is 19.8 Å². The van der Waals surface area contributed by atoms with Crippen molar-refractivity contribution in [3.05, 3.63) is 65.0 Å². The van der Waals surface area contributed by atoms with Crippen LogP contribution in [0.5, 0.6) is 5.75 Å². The Bertz CT molecular complexity index is 3300. The predicted octanol–water partition coefficient (Wildman–Crippen LogP) is -1.62. The van der Waals surface area contributed by atoms with Gasteiger partial charge in [0.2, 0.25) is 27.7 Å². The van der Waals surface area contributed by atoms with Crippen molar-refractivity contribution in [3.63, 3.8) is 0 Å². The molecule has 36 heteroatoms. The molecular formula is C54H80N12O21S3. The zero-order valence-electron chi connectivity index (χ0n) is 50.0. The zero-order chi connectivity index (χ0) is 66.5. The van der Waals surface area contributed by atoms with E-state index in [1.165, 1.54) is 35.8 Å². The molecule has 1 aromatic heterocycles. The van der Waals surface area contributed by atoms with Crippen LogP contribution in [0.15, 0.2) is 47.6 Å². The van der Waals surface area contributed by atoms with Gasteiger partial charge in [0.1, 0.15) is 17.8 Å². The number of benzene rings is 2. The first kappa shape index (κ1) is 73.3. The van der Waals surface area contributed by atoms with Gasteiger partial charge >= 0.3 is 23.9 Å². The van der Waals surface area contributed by atoms with Gasteiger partial charge < -0.3 is 56.3 Å². The van der Waals surface area contributed by atoms with Crippen LogP contribution >= 0.6 is 0 Å². The van der Waals surface area contributed by atoms with Crippen molar-refractivity contribution < 1.29 is 97.9 Å². The number of likely N-dealkylation sites (N-methyl/N-ethyl adjacent to an activating group) is 1. The molecule has 4 atom stereocenters. The number of ketones is 1. The minimum Gasteiger partial charge on any atom is -0.494 e. The Morgan fingerprint density at radius 2 is 1.29 bits per heavy atom. The Hall–Kier alpha value is -7.42. The second kappa shape index (κ2) is 34.1. The molecule has 2 aromatic carbocycles. The molecule has 1 saturated heterocycles. The van der Waals surface area contributed by atoms with Crippen molar-refractivity contribution in [2.75, 3.05) is 127 Å². The third-order valence-electron chi connectivity index (χ3n) is 14.8. The number of aryl methyl sites for hydroxylation is 2. The van der Waals surface area contributed by atoms with Gasteiger partial charge in [-0.3, -0.25) is 67.1 Å². The lowest BCUT2D eigenvalue weighted by Crippen LogP contribution is -2.54. The number of imidazole rings is 1. The number of carbonyl (C=O) groups excluding carboxylic acids is 4. The number of aromatic nitrogens is 2. The summed E-state index contributed by atoms with van der Waals surface area (Å²) in [4.78, 5) is 115. The van der Waals surface area contributed by atoms with Gasteiger partial charge in [-0.15, -0.1) is 0 Å². The van der Waals surface area contributed by atoms with Gasteiger partial charge in [-0.25, -0.2) is 13.4 Å². The van der Waals surface area contributed by atoms with Crippen LogP contribution in [0.3, 0.4) is 0 Å². The summed E-state index contributed by atoms with van der Waals surface area (Å²) < 4.78 is 104. The van der Waals surface area contributed by atoms with E-state index in [9.17, 15) is 93.1 Å². The van der Waals surface area contributed by atoms with Crippen LogP contribution in [0.2, 0.25) is 0 Å². The first-order chi connectivity index (χ1) is 42.2. The maximum atomic E-state index is 13.7. The second-order valence-electron chi connectivity index (χ2n) is 22.1. The number of nitrogens with zero attached hydrogens (tertiary/aromatic N) is 6. The van der Waals surface area contributed by atoms with Crippen molar-refractivity contribution in [1.82, 2.24) is 50.2 Å². The van der Waals surface area contributed by atoms with Crippen molar-refractivity contribution in [1.29, 1.82) is 0 Å². The van der Waals surface area contributed by atoms with Crippen LogP contribution in [-0.4, -0.2) is 267 Å². The average molecular weight is 1330 g/mol. The number of rotatable bonds is 34. The molecule has 3 amide bonds. The molecule has 2 aliphatic heterocycles. The Labute approximate surface area is 520 Å². The molecule has 5 rings (SSSR count). The van der Waals surface area contributed by atoms with Gasteiger partial charge in [0.05, 0.1) is 49.2 Å². The highest BCUT2D eigenvalue weighted by Gasteiger charge is 2.36. The molecular weight excluding hydrogens is 1250 g/mol. The van der Waals surface area contributed by atoms with Crippen molar-refractivity contribution in [3.8, 4) is 5.75 Å². The summed E-state index contributed by atoms with van der Waals surface area (Å²) in [6.07, 6.45) is 2.79. The lowest BCUT2D eigenvalue weighted by atomic mass is 9.93. The molecule has 12 N–H and O–H groups in total. The van der Waals surface area contributed by atoms with E-state index in [-0.39, 0.29) is 138 Å². The molecule has 0 saturated carbocycles. The maximum absolute atomic E-state index is 13.7. The van der Waals surface area contributed by atoms with E-state index < -0.39 is 134 Å². The molecule has 33 nitrogen and oxygen atoms in total. The third-order valence-corrected chi connectivity index (χ3v) is 18.3. The summed E-state index contributed by atoms with van der Waals surface area (Å²) in [7, 11) is -12.4. The smallest absolute Gasteiger partial charge is 0.323 e. The maximum Gasteiger partial charge on any atom is 0.323 e. The number of carbonyl (C=O) groups is 8. The van der Waals surface area contributed by atoms with Crippen LogP contribution in [0.25, 0.3) is 0 Å². The average Bonchev–Trinajstić information content (AvgIpc) is 0.848. The van der Waals surface area contributed by atoms with Gasteiger partial charge in [0.25, 0.3) is 20.2 Å². The summed E-state index contributed by atoms with van der Waals surface area (Å²) in [5.41, 5.74) is 2.01. The second-order valence-corrected chi connectivity index (χ2v) is 26.8. The highest BCUT2D eigenvalue weighted by atomic mass is 32.2. The molecule has 3 unspecified atom stereocenters. The van der Waals surface area contributed by atoms with E-state index in [0.29, 0.717) is 23.7 Å². The molecule has 0 bridgehead atoms. The first-order valence-electron chi connectivity index (χ1n) is 28.6. The minimum absolute atomic E-state index is 0.0136. The molecule has 1 fully saturated rings. The number of fused-ring (bicyclic) bond motifs is 1. The number of carboxylic acid groups (broad SMARTS) is 4. The Kier molecular flexibility index (Phi) is 27.8. The van der Waals surface area contributed by atoms with Gasteiger partial charge in [-0.1, -0.05) is 6.07 Å². The van der Waals surface area contributed by atoms with E-state index >= 15 is 0 Å². The Morgan fingerprint density at radius 1 is 0.733 bits per heavy atom. The van der Waals surface area contributed by atoms with Crippen LogP contribution in [0.4, 0.5) is 11.6 Å². The van der Waals surface area contributed by atoms with E-state index in [4.69, 9.17) is 4.74 Å². The zero-order valence-corrected chi connectivity index (χ0v) is 52.5. The number of aromatic amines is 1. The number of hydrogen-bond donors (Lipinski definition) is 12. The largest absolute Gasteiger partial charge is 0.494 e. The number of Topliss-reactive ketones (excluding diaryl/α,β-unsaturated/α-hetero) is 1. The highest BCUT2D eigenvalue weighted by Crippen LogP contribution is 2.31. The number of sulfonamides is 1. The van der Waals surface area contributed by atoms with Crippen LogP contribution in [-0.2, 0) is 70.4 Å². The van der Waals surface area contributed by atoms with E-state index in [2.05, 4.69) is 36.0 Å². The summed E-state index contributed by atoms with van der Waals surface area (Å²) in [6, 6.07) is 3.72. The molecule has 3 heterocycles. The van der Waals surface area contributed by atoms with Gasteiger partial charge in [0.15, 0.2) is 11.7 Å². The lowest BCUT2D eigenvalue weighted by Gasteiger charge is -2.34. The number of hydrogen-bond acceptors (Lipinski definition) is 22.